The summed E-state index contributed by atoms with van der Waals surface area (Å²) in [7, 11) is 0. The molecule has 0 unspecified atom stereocenters. The Kier molecular flexibility index (Phi) is 7.92. The van der Waals surface area contributed by atoms with Gasteiger partial charge in [0.1, 0.15) is 0 Å². The topological polar surface area (TPSA) is 72.5 Å². The Balaban J connectivity index is 1.78. The van der Waals surface area contributed by atoms with E-state index in [9.17, 15) is 14.4 Å². The van der Waals surface area contributed by atoms with Gasteiger partial charge in [-0.05, 0) is 36.4 Å². The molecule has 0 fully saturated rings. The number of esters is 1. The van der Waals surface area contributed by atoms with Crippen molar-refractivity contribution in [1.29, 1.82) is 0 Å². The largest absolute Gasteiger partial charge is 0.456 e. The highest BCUT2D eigenvalue weighted by Gasteiger charge is 2.13. The molecule has 0 atom stereocenters. The van der Waals surface area contributed by atoms with Crippen LogP contribution >= 0.6 is 46.4 Å². The van der Waals surface area contributed by atoms with Gasteiger partial charge in [-0.3, -0.25) is 14.4 Å². The van der Waals surface area contributed by atoms with Crippen molar-refractivity contribution in [3.05, 3.63) is 62.1 Å². The average molecular weight is 449 g/mol. The third-order valence-corrected chi connectivity index (χ3v) is 4.66. The Labute approximate surface area is 175 Å². The maximum absolute atomic E-state index is 12.0. The predicted molar refractivity (Wildman–Crippen MR) is 106 cm³/mol. The minimum atomic E-state index is -0.673. The Morgan fingerprint density at radius 3 is 2.15 bits per heavy atom. The van der Waals surface area contributed by atoms with Crippen LogP contribution in [-0.2, 0) is 14.3 Å². The molecule has 9 heteroatoms. The lowest BCUT2D eigenvalue weighted by molar-refractivity contribution is -0.147. The first kappa shape index (κ1) is 21.5. The number of rotatable bonds is 7. The monoisotopic (exact) mass is 447 g/mol. The predicted octanol–water partition coefficient (Wildman–Crippen LogP) is 5.45. The van der Waals surface area contributed by atoms with Crippen molar-refractivity contribution in [2.45, 2.75) is 12.8 Å². The SMILES string of the molecule is O=C(COC(=O)CCC(=O)c1ccc(Cl)cc1)Nc1cc(Cl)c(Cl)cc1Cl. The van der Waals surface area contributed by atoms with Gasteiger partial charge >= 0.3 is 5.97 Å². The summed E-state index contributed by atoms with van der Waals surface area (Å²) in [6.45, 7) is -0.523. The van der Waals surface area contributed by atoms with Crippen LogP contribution in [0.2, 0.25) is 20.1 Å². The summed E-state index contributed by atoms with van der Waals surface area (Å²) in [6, 6.07) is 9.10. The normalized spacial score (nSPS) is 10.4. The van der Waals surface area contributed by atoms with Crippen LogP contribution in [0.4, 0.5) is 5.69 Å². The lowest BCUT2D eigenvalue weighted by Gasteiger charge is -2.09. The molecule has 0 aliphatic carbocycles. The van der Waals surface area contributed by atoms with E-state index < -0.39 is 18.5 Å². The van der Waals surface area contributed by atoms with E-state index >= 15 is 0 Å². The number of benzene rings is 2. The number of ketones is 1. The molecule has 0 radical (unpaired) electrons. The number of carbonyl (C=O) groups is 3. The fraction of sp³-hybridized carbons (Fsp3) is 0.167. The molecule has 0 bridgehead atoms. The molecule has 1 N–H and O–H groups in total. The zero-order chi connectivity index (χ0) is 20.0. The minimum Gasteiger partial charge on any atom is -0.456 e. The van der Waals surface area contributed by atoms with Crippen LogP contribution in [0.15, 0.2) is 36.4 Å². The summed E-state index contributed by atoms with van der Waals surface area (Å²) in [5.41, 5.74) is 0.684. The maximum Gasteiger partial charge on any atom is 0.306 e. The Morgan fingerprint density at radius 1 is 0.852 bits per heavy atom. The highest BCUT2D eigenvalue weighted by atomic mass is 35.5. The molecule has 142 valence electrons. The zero-order valence-corrected chi connectivity index (χ0v) is 16.8. The molecule has 2 aromatic carbocycles. The first-order valence-corrected chi connectivity index (χ1v) is 9.16. The molecule has 0 saturated carbocycles. The van der Waals surface area contributed by atoms with Crippen molar-refractivity contribution in [3.63, 3.8) is 0 Å². The van der Waals surface area contributed by atoms with E-state index in [4.69, 9.17) is 51.1 Å². The van der Waals surface area contributed by atoms with Crippen LogP contribution in [0.3, 0.4) is 0 Å². The second-order valence-corrected chi connectivity index (χ2v) is 7.04. The van der Waals surface area contributed by atoms with Crippen LogP contribution in [-0.4, -0.2) is 24.3 Å². The number of nitrogens with one attached hydrogen (secondary N) is 1. The summed E-state index contributed by atoms with van der Waals surface area (Å²) in [5.74, 6) is -1.50. The Bertz CT molecular complexity index is 868. The fourth-order valence-corrected chi connectivity index (χ4v) is 2.74. The van der Waals surface area contributed by atoms with Gasteiger partial charge in [0.2, 0.25) is 0 Å². The summed E-state index contributed by atoms with van der Waals surface area (Å²) in [4.78, 5) is 35.5. The number of Topliss-reactive ketones (excluding diaryl/α,β-unsaturated/α-hetero) is 1. The third-order valence-electron chi connectivity index (χ3n) is 3.37. The molecule has 0 heterocycles. The number of hydrogen-bond acceptors (Lipinski definition) is 4. The summed E-state index contributed by atoms with van der Waals surface area (Å²) in [5, 5.41) is 3.63. The number of anilines is 1. The Morgan fingerprint density at radius 2 is 1.48 bits per heavy atom. The standard InChI is InChI=1S/C18H13Cl4NO4/c19-11-3-1-10(2-4-11)16(24)5-6-18(26)27-9-17(25)23-15-8-13(21)12(20)7-14(15)22/h1-4,7-8H,5-6,9H2,(H,23,25). The van der Waals surface area contributed by atoms with Crippen molar-refractivity contribution < 1.29 is 19.1 Å². The first-order valence-electron chi connectivity index (χ1n) is 7.65. The Hall–Kier alpha value is -1.79. The molecular weight excluding hydrogens is 436 g/mol. The third kappa shape index (κ3) is 6.70. The summed E-state index contributed by atoms with van der Waals surface area (Å²) in [6.07, 6.45) is -0.191. The van der Waals surface area contributed by atoms with Crippen molar-refractivity contribution in [2.24, 2.45) is 0 Å². The van der Waals surface area contributed by atoms with Gasteiger partial charge in [0.25, 0.3) is 5.91 Å². The molecule has 0 saturated heterocycles. The lowest BCUT2D eigenvalue weighted by Crippen LogP contribution is -2.21. The molecule has 27 heavy (non-hydrogen) atoms. The first-order chi connectivity index (χ1) is 12.8. The van der Waals surface area contributed by atoms with Gasteiger partial charge in [0.15, 0.2) is 12.4 Å². The smallest absolute Gasteiger partial charge is 0.306 e. The van der Waals surface area contributed by atoms with Crippen LogP contribution < -0.4 is 5.32 Å². The molecular formula is C18H13Cl4NO4. The number of hydrogen-bond donors (Lipinski definition) is 1. The van der Waals surface area contributed by atoms with E-state index in [2.05, 4.69) is 5.32 Å². The van der Waals surface area contributed by atoms with Gasteiger partial charge in [-0.1, -0.05) is 46.4 Å². The van der Waals surface area contributed by atoms with Crippen molar-refractivity contribution in [2.75, 3.05) is 11.9 Å². The summed E-state index contributed by atoms with van der Waals surface area (Å²) < 4.78 is 4.85. The van der Waals surface area contributed by atoms with E-state index in [1.807, 2.05) is 0 Å². The highest BCUT2D eigenvalue weighted by molar-refractivity contribution is 6.44. The van der Waals surface area contributed by atoms with Crippen molar-refractivity contribution in [1.82, 2.24) is 0 Å². The second kappa shape index (κ2) is 9.95. The van der Waals surface area contributed by atoms with Crippen LogP contribution in [0, 0.1) is 0 Å². The molecule has 0 aromatic heterocycles. The van der Waals surface area contributed by atoms with Gasteiger partial charge < -0.3 is 10.1 Å². The minimum absolute atomic E-state index is 0.0410. The van der Waals surface area contributed by atoms with Gasteiger partial charge in [-0.25, -0.2) is 0 Å². The number of amides is 1. The molecule has 5 nitrogen and oxygen atoms in total. The van der Waals surface area contributed by atoms with Gasteiger partial charge in [0, 0.05) is 17.0 Å². The van der Waals surface area contributed by atoms with Gasteiger partial charge in [-0.2, -0.15) is 0 Å². The van der Waals surface area contributed by atoms with Gasteiger partial charge in [-0.15, -0.1) is 0 Å². The number of ether oxygens (including phenoxy) is 1. The molecule has 0 aliphatic heterocycles. The number of halogens is 4. The summed E-state index contributed by atoms with van der Waals surface area (Å²) >= 11 is 23.4. The highest BCUT2D eigenvalue weighted by Crippen LogP contribution is 2.32. The molecule has 0 spiro atoms. The second-order valence-electron chi connectivity index (χ2n) is 5.39. The van der Waals surface area contributed by atoms with Crippen LogP contribution in [0.1, 0.15) is 23.2 Å². The van der Waals surface area contributed by atoms with E-state index in [1.165, 1.54) is 12.1 Å². The van der Waals surface area contributed by atoms with Crippen LogP contribution in [0.25, 0.3) is 0 Å². The molecule has 0 aliphatic rings. The van der Waals surface area contributed by atoms with Crippen LogP contribution in [0.5, 0.6) is 0 Å². The van der Waals surface area contributed by atoms with E-state index in [-0.39, 0.29) is 39.4 Å². The van der Waals surface area contributed by atoms with Crippen molar-refractivity contribution in [3.8, 4) is 0 Å². The van der Waals surface area contributed by atoms with Gasteiger partial charge in [0.05, 0.1) is 27.2 Å². The molecule has 1 amide bonds. The van der Waals surface area contributed by atoms with E-state index in [0.29, 0.717) is 10.6 Å². The quantitative estimate of drug-likeness (QED) is 0.347. The van der Waals surface area contributed by atoms with E-state index in [1.54, 1.807) is 24.3 Å². The lowest BCUT2D eigenvalue weighted by atomic mass is 10.1. The average Bonchev–Trinajstić information content (AvgIpc) is 2.63. The number of carbonyl (C=O) groups excluding carboxylic acids is 3. The maximum atomic E-state index is 12.0. The van der Waals surface area contributed by atoms with E-state index in [0.717, 1.165) is 0 Å². The molecule has 2 rings (SSSR count). The zero-order valence-electron chi connectivity index (χ0n) is 13.7. The molecule has 2 aromatic rings. The fourth-order valence-electron chi connectivity index (χ4n) is 2.02. The van der Waals surface area contributed by atoms with Crippen molar-refractivity contribution >= 4 is 69.8 Å².